The van der Waals surface area contributed by atoms with E-state index in [9.17, 15) is 0 Å². The summed E-state index contributed by atoms with van der Waals surface area (Å²) in [5, 5.41) is 0. The zero-order chi connectivity index (χ0) is 5.82. The predicted octanol–water partition coefficient (Wildman–Crippen LogP) is 0.175. The standard InChI is InChI=1S/C5H10NSi2/c7-8-6-4-2-1-3-5-6/h1-5H2. The zero-order valence-corrected chi connectivity index (χ0v) is 6.98. The van der Waals surface area contributed by atoms with Gasteiger partial charge in [-0.1, -0.05) is 6.42 Å². The Morgan fingerprint density at radius 1 is 1.12 bits per heavy atom. The fourth-order valence-corrected chi connectivity index (χ4v) is 2.22. The number of rotatable bonds is 1. The minimum absolute atomic E-state index is 0.846. The average Bonchev–Trinajstić information content (AvgIpc) is 1.90. The highest BCUT2D eigenvalue weighted by molar-refractivity contribution is 6.87. The van der Waals surface area contributed by atoms with Gasteiger partial charge in [-0.3, -0.25) is 0 Å². The minimum Gasteiger partial charge on any atom is -0.328 e. The van der Waals surface area contributed by atoms with Gasteiger partial charge in [-0.05, 0) is 25.9 Å². The Bertz CT molecular complexity index is 61.4. The topological polar surface area (TPSA) is 3.24 Å². The van der Waals surface area contributed by atoms with Gasteiger partial charge >= 0.3 is 0 Å². The molecule has 8 heavy (non-hydrogen) atoms. The van der Waals surface area contributed by atoms with Crippen LogP contribution in [0.2, 0.25) is 0 Å². The van der Waals surface area contributed by atoms with Crippen LogP contribution in [0.3, 0.4) is 0 Å². The Kier molecular flexibility index (Phi) is 2.79. The van der Waals surface area contributed by atoms with Gasteiger partial charge < -0.3 is 4.57 Å². The molecule has 0 N–H and O–H groups in total. The van der Waals surface area contributed by atoms with Gasteiger partial charge in [0.2, 0.25) is 0 Å². The fourth-order valence-electron chi connectivity index (χ4n) is 1.01. The molecule has 0 unspecified atom stereocenters. The van der Waals surface area contributed by atoms with Gasteiger partial charge in [-0.15, -0.1) is 0 Å². The lowest BCUT2D eigenvalue weighted by atomic mass is 10.2. The summed E-state index contributed by atoms with van der Waals surface area (Å²) in [6.07, 6.45) is 4.24. The normalized spacial score (nSPS) is 23.6. The summed E-state index contributed by atoms with van der Waals surface area (Å²) < 4.78 is 2.46. The fraction of sp³-hybridized carbons (Fsp3) is 1.00. The molecule has 0 amide bonds. The first-order chi connectivity index (χ1) is 3.93. The molecule has 0 aromatic heterocycles. The minimum atomic E-state index is 0.846. The van der Waals surface area contributed by atoms with Crippen molar-refractivity contribution in [3.63, 3.8) is 0 Å². The molecule has 0 aromatic carbocycles. The molecule has 43 valence electrons. The van der Waals surface area contributed by atoms with E-state index in [1.807, 2.05) is 0 Å². The van der Waals surface area contributed by atoms with Crippen LogP contribution < -0.4 is 0 Å². The number of nitrogens with zero attached hydrogens (tertiary/aromatic N) is 1. The van der Waals surface area contributed by atoms with Crippen LogP contribution >= 0.6 is 0 Å². The molecule has 0 spiro atoms. The van der Waals surface area contributed by atoms with Crippen molar-refractivity contribution < 1.29 is 0 Å². The smallest absolute Gasteiger partial charge is 0.116 e. The molecule has 0 aliphatic carbocycles. The maximum atomic E-state index is 3.51. The van der Waals surface area contributed by atoms with Crippen molar-refractivity contribution in [2.24, 2.45) is 0 Å². The van der Waals surface area contributed by atoms with Crippen LogP contribution in [0.4, 0.5) is 0 Å². The molecular formula is C5H10NSi2. The molecule has 0 aromatic rings. The van der Waals surface area contributed by atoms with Crippen molar-refractivity contribution in [3.8, 4) is 0 Å². The maximum absolute atomic E-state index is 3.51. The predicted molar refractivity (Wildman–Crippen MR) is 36.9 cm³/mol. The Balaban J connectivity index is 2.13. The highest BCUT2D eigenvalue weighted by Gasteiger charge is 2.06. The lowest BCUT2D eigenvalue weighted by molar-refractivity contribution is 0.365. The summed E-state index contributed by atoms with van der Waals surface area (Å²) in [4.78, 5) is 0. The Morgan fingerprint density at radius 3 is 2.12 bits per heavy atom. The Labute approximate surface area is 56.6 Å². The first-order valence-corrected chi connectivity index (χ1v) is 5.55. The van der Waals surface area contributed by atoms with Crippen LogP contribution in [0, 0.1) is 0 Å². The van der Waals surface area contributed by atoms with E-state index in [2.05, 4.69) is 14.3 Å². The van der Waals surface area contributed by atoms with E-state index < -0.39 is 0 Å². The van der Waals surface area contributed by atoms with Gasteiger partial charge in [-0.25, -0.2) is 0 Å². The molecular weight excluding hydrogens is 130 g/mol. The monoisotopic (exact) mass is 140 g/mol. The molecule has 1 rings (SSSR count). The molecule has 1 heterocycles. The third-order valence-corrected chi connectivity index (χ3v) is 3.23. The highest BCUT2D eigenvalue weighted by Crippen LogP contribution is 2.05. The molecule has 1 nitrogen and oxygen atoms in total. The molecule has 0 bridgehead atoms. The van der Waals surface area contributed by atoms with Crippen molar-refractivity contribution in [1.82, 2.24) is 4.57 Å². The summed E-state index contributed by atoms with van der Waals surface area (Å²) in [7, 11) is 4.35. The van der Waals surface area contributed by atoms with Gasteiger partial charge in [-0.2, -0.15) is 0 Å². The molecule has 5 radical (unpaired) electrons. The van der Waals surface area contributed by atoms with Gasteiger partial charge in [0, 0.05) is 9.76 Å². The molecule has 1 fully saturated rings. The molecule has 0 atom stereocenters. The van der Waals surface area contributed by atoms with Gasteiger partial charge in [0.15, 0.2) is 0 Å². The quantitative estimate of drug-likeness (QED) is 0.470. The van der Waals surface area contributed by atoms with E-state index in [4.69, 9.17) is 0 Å². The lowest BCUT2D eigenvalue weighted by Gasteiger charge is -2.23. The van der Waals surface area contributed by atoms with Crippen molar-refractivity contribution in [3.05, 3.63) is 0 Å². The first kappa shape index (κ1) is 6.51. The highest BCUT2D eigenvalue weighted by atomic mass is 29.1. The van der Waals surface area contributed by atoms with E-state index in [0.717, 1.165) is 9.20 Å². The van der Waals surface area contributed by atoms with Crippen LogP contribution in [-0.2, 0) is 0 Å². The Morgan fingerprint density at radius 2 is 1.75 bits per heavy atom. The van der Waals surface area contributed by atoms with Crippen LogP contribution in [0.1, 0.15) is 19.3 Å². The largest absolute Gasteiger partial charge is 0.328 e. The molecule has 0 saturated carbocycles. The van der Waals surface area contributed by atoms with E-state index in [1.165, 1.54) is 32.4 Å². The third-order valence-electron chi connectivity index (χ3n) is 1.51. The number of piperidine rings is 1. The summed E-state index contributed by atoms with van der Waals surface area (Å²) in [6, 6.07) is 0. The second kappa shape index (κ2) is 3.43. The van der Waals surface area contributed by atoms with Crippen molar-refractivity contribution in [2.75, 3.05) is 13.1 Å². The van der Waals surface area contributed by atoms with Crippen molar-refractivity contribution in [1.29, 1.82) is 0 Å². The summed E-state index contributed by atoms with van der Waals surface area (Å²) in [5.41, 5.74) is 0. The second-order valence-electron chi connectivity index (χ2n) is 2.16. The van der Waals surface area contributed by atoms with Crippen LogP contribution in [0.25, 0.3) is 0 Å². The van der Waals surface area contributed by atoms with E-state index >= 15 is 0 Å². The van der Waals surface area contributed by atoms with E-state index in [1.54, 1.807) is 0 Å². The van der Waals surface area contributed by atoms with Gasteiger partial charge in [0.25, 0.3) is 0 Å². The molecule has 3 heteroatoms. The van der Waals surface area contributed by atoms with Crippen molar-refractivity contribution >= 4 is 19.0 Å². The molecule has 1 saturated heterocycles. The van der Waals surface area contributed by atoms with Crippen LogP contribution in [-0.4, -0.2) is 36.6 Å². The number of hydrogen-bond donors (Lipinski definition) is 0. The van der Waals surface area contributed by atoms with Gasteiger partial charge in [0.1, 0.15) is 9.20 Å². The SMILES string of the molecule is [Si][Si]N1CCCCC1. The van der Waals surface area contributed by atoms with E-state index in [-0.39, 0.29) is 0 Å². The first-order valence-electron chi connectivity index (χ1n) is 3.11. The Hall–Kier alpha value is 0.394. The summed E-state index contributed by atoms with van der Waals surface area (Å²) in [6.45, 7) is 2.61. The average molecular weight is 140 g/mol. The van der Waals surface area contributed by atoms with E-state index in [0.29, 0.717) is 0 Å². The molecule has 1 aliphatic rings. The van der Waals surface area contributed by atoms with Crippen LogP contribution in [0.5, 0.6) is 0 Å². The summed E-state index contributed by atoms with van der Waals surface area (Å²) >= 11 is 0. The molecule has 1 aliphatic heterocycles. The lowest BCUT2D eigenvalue weighted by Crippen LogP contribution is -2.33. The zero-order valence-electron chi connectivity index (χ0n) is 4.98. The second-order valence-corrected chi connectivity index (χ2v) is 3.69. The van der Waals surface area contributed by atoms with Crippen molar-refractivity contribution in [2.45, 2.75) is 19.3 Å². The van der Waals surface area contributed by atoms with Crippen LogP contribution in [0.15, 0.2) is 0 Å². The maximum Gasteiger partial charge on any atom is 0.116 e. The summed E-state index contributed by atoms with van der Waals surface area (Å²) in [5.74, 6) is 0. The third kappa shape index (κ3) is 1.72. The van der Waals surface area contributed by atoms with Gasteiger partial charge in [0.05, 0.1) is 0 Å². The number of hydrogen-bond acceptors (Lipinski definition) is 1.